The van der Waals surface area contributed by atoms with Crippen LogP contribution in [0.3, 0.4) is 0 Å². The number of rotatable bonds is 5. The Hall–Kier alpha value is -3.88. The van der Waals surface area contributed by atoms with Crippen LogP contribution >= 0.6 is 11.8 Å². The first-order valence-corrected chi connectivity index (χ1v) is 13.2. The zero-order chi connectivity index (χ0) is 24.4. The van der Waals surface area contributed by atoms with Gasteiger partial charge in [-0.15, -0.1) is 0 Å². The molecule has 0 spiro atoms. The third-order valence-corrected chi connectivity index (χ3v) is 8.43. The monoisotopic (exact) mass is 481 g/mol. The van der Waals surface area contributed by atoms with Gasteiger partial charge in [0.1, 0.15) is 0 Å². The lowest BCUT2D eigenvalue weighted by atomic mass is 9.82. The molecule has 1 aliphatic heterocycles. The lowest BCUT2D eigenvalue weighted by molar-refractivity contribution is 0.891. The number of hydrogen-bond donors (Lipinski definition) is 0. The summed E-state index contributed by atoms with van der Waals surface area (Å²) in [5, 5.41) is 1.11. The van der Waals surface area contributed by atoms with Crippen molar-refractivity contribution in [2.24, 2.45) is 4.99 Å². The Bertz CT molecular complexity index is 1410. The molecule has 0 aliphatic carbocycles. The van der Waals surface area contributed by atoms with E-state index >= 15 is 0 Å². The van der Waals surface area contributed by atoms with Gasteiger partial charge in [-0.1, -0.05) is 151 Å². The van der Waals surface area contributed by atoms with E-state index in [4.69, 9.17) is 4.99 Å². The summed E-state index contributed by atoms with van der Waals surface area (Å²) in [5.41, 5.74) is 8.56. The molecule has 36 heavy (non-hydrogen) atoms. The van der Waals surface area contributed by atoms with Crippen LogP contribution < -0.4 is 0 Å². The third kappa shape index (κ3) is 3.98. The Kier molecular flexibility index (Phi) is 6.04. The molecule has 5 aromatic rings. The first kappa shape index (κ1) is 22.6. The van der Waals surface area contributed by atoms with Gasteiger partial charge in [0.15, 0.2) is 0 Å². The van der Waals surface area contributed by atoms with Gasteiger partial charge >= 0.3 is 0 Å². The van der Waals surface area contributed by atoms with Crippen LogP contribution in [0.25, 0.3) is 0 Å². The van der Waals surface area contributed by atoms with Crippen molar-refractivity contribution in [3.8, 4) is 0 Å². The number of thioether (sulfide) groups is 1. The van der Waals surface area contributed by atoms with E-state index in [1.54, 1.807) is 0 Å². The van der Waals surface area contributed by atoms with Crippen molar-refractivity contribution in [3.05, 3.63) is 173 Å². The Labute approximate surface area is 217 Å². The molecular formula is C34H27NS. The van der Waals surface area contributed by atoms with E-state index in [0.29, 0.717) is 0 Å². The van der Waals surface area contributed by atoms with E-state index in [1.807, 2.05) is 11.8 Å². The predicted molar refractivity (Wildman–Crippen MR) is 153 cm³/mol. The number of fused-ring (bicyclic) bond motifs is 1. The zero-order valence-electron chi connectivity index (χ0n) is 20.2. The minimum absolute atomic E-state index is 0.0404. The highest BCUT2D eigenvalue weighted by atomic mass is 32.2. The van der Waals surface area contributed by atoms with Gasteiger partial charge in [-0.05, 0) is 35.2 Å². The van der Waals surface area contributed by atoms with Crippen molar-refractivity contribution >= 4 is 22.5 Å². The van der Waals surface area contributed by atoms with E-state index in [2.05, 4.69) is 146 Å². The third-order valence-electron chi connectivity index (χ3n) is 6.89. The molecule has 0 radical (unpaired) electrons. The minimum Gasteiger partial charge on any atom is -0.245 e. The second-order valence-electron chi connectivity index (χ2n) is 9.24. The Morgan fingerprint density at radius 3 is 1.56 bits per heavy atom. The van der Waals surface area contributed by atoms with Crippen LogP contribution in [-0.2, 0) is 4.75 Å². The summed E-state index contributed by atoms with van der Waals surface area (Å²) in [6, 6.07) is 50.0. The van der Waals surface area contributed by atoms with Crippen molar-refractivity contribution in [2.75, 3.05) is 0 Å². The van der Waals surface area contributed by atoms with Crippen LogP contribution in [0.1, 0.15) is 39.3 Å². The van der Waals surface area contributed by atoms with E-state index in [1.165, 1.54) is 33.4 Å². The molecular weight excluding hydrogens is 454 g/mol. The van der Waals surface area contributed by atoms with Gasteiger partial charge in [0.25, 0.3) is 0 Å². The van der Waals surface area contributed by atoms with Gasteiger partial charge < -0.3 is 0 Å². The highest BCUT2D eigenvalue weighted by Crippen LogP contribution is 2.57. The molecule has 1 heterocycles. The molecule has 0 saturated carbocycles. The van der Waals surface area contributed by atoms with Crippen LogP contribution in [0, 0.1) is 6.92 Å². The topological polar surface area (TPSA) is 12.4 Å². The summed E-state index contributed by atoms with van der Waals surface area (Å²) < 4.78 is -0.414. The average molecular weight is 482 g/mol. The molecule has 5 aromatic carbocycles. The maximum atomic E-state index is 5.37. The molecule has 0 bridgehead atoms. The summed E-state index contributed by atoms with van der Waals surface area (Å²) in [6.07, 6.45) is 0. The van der Waals surface area contributed by atoms with E-state index in [-0.39, 0.29) is 5.92 Å². The van der Waals surface area contributed by atoms with Crippen molar-refractivity contribution in [1.29, 1.82) is 0 Å². The van der Waals surface area contributed by atoms with E-state index in [9.17, 15) is 0 Å². The second kappa shape index (κ2) is 9.64. The van der Waals surface area contributed by atoms with Gasteiger partial charge in [0.05, 0.1) is 21.4 Å². The van der Waals surface area contributed by atoms with Crippen molar-refractivity contribution in [2.45, 2.75) is 17.6 Å². The summed E-state index contributed by atoms with van der Waals surface area (Å²) >= 11 is 1.88. The average Bonchev–Trinajstić information content (AvgIpc) is 2.95. The van der Waals surface area contributed by atoms with Gasteiger partial charge in [-0.25, -0.2) is 4.99 Å². The van der Waals surface area contributed by atoms with Gasteiger partial charge in [0, 0.05) is 5.56 Å². The van der Waals surface area contributed by atoms with Crippen LogP contribution in [-0.4, -0.2) is 5.04 Å². The lowest BCUT2D eigenvalue weighted by Crippen LogP contribution is -2.31. The number of hydrogen-bond acceptors (Lipinski definition) is 2. The molecule has 0 saturated heterocycles. The molecule has 6 rings (SSSR count). The zero-order valence-corrected chi connectivity index (χ0v) is 21.0. The molecule has 1 nitrogen and oxygen atoms in total. The fraction of sp³-hybridized carbons (Fsp3) is 0.0882. The normalized spacial score (nSPS) is 14.2. The van der Waals surface area contributed by atoms with E-state index < -0.39 is 4.75 Å². The van der Waals surface area contributed by atoms with Crippen LogP contribution in [0.2, 0.25) is 0 Å². The highest BCUT2D eigenvalue weighted by molar-refractivity contribution is 8.15. The second-order valence-corrected chi connectivity index (χ2v) is 10.5. The number of benzene rings is 5. The first-order valence-electron chi connectivity index (χ1n) is 12.4. The maximum Gasteiger partial charge on any atom is 0.0987 e. The number of nitrogens with zero attached hydrogens (tertiary/aromatic N) is 1. The quantitative estimate of drug-likeness (QED) is 0.244. The maximum absolute atomic E-state index is 5.37. The van der Waals surface area contributed by atoms with Gasteiger partial charge in [0.2, 0.25) is 0 Å². The van der Waals surface area contributed by atoms with Crippen LogP contribution in [0.5, 0.6) is 0 Å². The SMILES string of the molecule is Cc1ccc2c(c1)C(c1ccccc1)(c1ccccc1)SC(C(c1ccccc1)c1ccccc1)=N2. The van der Waals surface area contributed by atoms with E-state index in [0.717, 1.165) is 10.7 Å². The molecule has 1 aliphatic rings. The van der Waals surface area contributed by atoms with Crippen molar-refractivity contribution in [3.63, 3.8) is 0 Å². The summed E-state index contributed by atoms with van der Waals surface area (Å²) in [5.74, 6) is 0.0404. The molecule has 2 heteroatoms. The first-order chi connectivity index (χ1) is 17.8. The molecule has 174 valence electrons. The van der Waals surface area contributed by atoms with Crippen molar-refractivity contribution < 1.29 is 0 Å². The molecule has 0 amide bonds. The smallest absolute Gasteiger partial charge is 0.0987 e. The number of aryl methyl sites for hydroxylation is 1. The summed E-state index contributed by atoms with van der Waals surface area (Å²) in [7, 11) is 0. The fourth-order valence-electron chi connectivity index (χ4n) is 5.22. The fourth-order valence-corrected chi connectivity index (χ4v) is 6.85. The lowest BCUT2D eigenvalue weighted by Gasteiger charge is -2.40. The highest BCUT2D eigenvalue weighted by Gasteiger charge is 2.44. The van der Waals surface area contributed by atoms with Crippen LogP contribution in [0.4, 0.5) is 5.69 Å². The summed E-state index contributed by atoms with van der Waals surface area (Å²) in [6.45, 7) is 2.17. The van der Waals surface area contributed by atoms with Crippen molar-refractivity contribution in [1.82, 2.24) is 0 Å². The molecule has 0 fully saturated rings. The summed E-state index contributed by atoms with van der Waals surface area (Å²) in [4.78, 5) is 5.37. The molecule has 0 aromatic heterocycles. The Balaban J connectivity index is 1.65. The van der Waals surface area contributed by atoms with Gasteiger partial charge in [-0.2, -0.15) is 0 Å². The number of aliphatic imine (C=N–C) groups is 1. The molecule has 0 N–H and O–H groups in total. The van der Waals surface area contributed by atoms with Gasteiger partial charge in [-0.3, -0.25) is 0 Å². The molecule has 0 atom stereocenters. The Morgan fingerprint density at radius 2 is 1.06 bits per heavy atom. The standard InChI is InChI=1S/C34H27NS/c1-25-22-23-31-30(24-25)34(28-18-10-4-11-19-28,29-20-12-5-13-21-29)36-33(35-31)32(26-14-6-2-7-15-26)27-16-8-3-9-17-27/h2-24,32H,1H3. The molecule has 0 unspecified atom stereocenters. The van der Waals surface area contributed by atoms with Crippen LogP contribution in [0.15, 0.2) is 145 Å². The predicted octanol–water partition coefficient (Wildman–Crippen LogP) is 8.90. The largest absolute Gasteiger partial charge is 0.245 e. The minimum atomic E-state index is -0.414. The Morgan fingerprint density at radius 1 is 0.583 bits per heavy atom.